The smallest absolute Gasteiger partial charge is 0.326 e. The van der Waals surface area contributed by atoms with E-state index in [9.17, 15) is 14.1 Å². The predicted octanol–water partition coefficient (Wildman–Crippen LogP) is 3.44. The Labute approximate surface area is 197 Å². The molecule has 0 aliphatic rings. The van der Waals surface area contributed by atoms with Crippen LogP contribution in [-0.2, 0) is 9.71 Å². The van der Waals surface area contributed by atoms with Gasteiger partial charge in [-0.1, -0.05) is 6.07 Å². The van der Waals surface area contributed by atoms with E-state index in [1.165, 1.54) is 0 Å². The van der Waals surface area contributed by atoms with Gasteiger partial charge in [0.05, 0.1) is 21.9 Å². The number of amides is 2. The van der Waals surface area contributed by atoms with Crippen LogP contribution in [0.5, 0.6) is 0 Å². The minimum atomic E-state index is -3.00. The number of aliphatic hydroxyl groups is 1. The average Bonchev–Trinajstić information content (AvgIpc) is 3.28. The van der Waals surface area contributed by atoms with Gasteiger partial charge in [-0.2, -0.15) is 4.98 Å². The highest BCUT2D eigenvalue weighted by atomic mass is 32.2. The normalized spacial score (nSPS) is 13.7. The van der Waals surface area contributed by atoms with Crippen LogP contribution >= 0.6 is 11.3 Å². The molecule has 2 amide bonds. The first kappa shape index (κ1) is 24.5. The van der Waals surface area contributed by atoms with E-state index in [0.717, 1.165) is 10.4 Å². The molecule has 2 atom stereocenters. The first-order valence-corrected chi connectivity index (χ1v) is 12.9. The lowest BCUT2D eigenvalue weighted by molar-refractivity contribution is 0.244. The molecule has 0 spiro atoms. The predicted molar refractivity (Wildman–Crippen MR) is 136 cm³/mol. The topological polar surface area (TPSA) is 128 Å². The molecule has 0 radical (unpaired) electrons. The zero-order valence-electron chi connectivity index (χ0n) is 18.7. The Kier molecular flexibility index (Phi) is 7.90. The summed E-state index contributed by atoms with van der Waals surface area (Å²) in [4.78, 5) is 22.3. The molecule has 3 aromatic rings. The fraction of sp³-hybridized carbons (Fsp3) is 0.273. The molecule has 0 saturated carbocycles. The second-order valence-corrected chi connectivity index (χ2v) is 10.7. The standard InChI is InChI=1S/C22H28N6O3S2/c1-14(2)24-22(30)28-33(4,31)17-9-7-16(8-10-17)26-21-23-12-18(19-6-5-11-32-19)20(27-21)25-15(3)13-29/h5-12,14-15,29H,4,13H2,1-3H3,(H2,23,25,26,27)(H2,24,28,30,31)/t15-,33?/m1/s1. The van der Waals surface area contributed by atoms with Crippen LogP contribution in [0.4, 0.5) is 22.2 Å². The minimum Gasteiger partial charge on any atom is -0.394 e. The number of carbonyl (C=O) groups is 1. The summed E-state index contributed by atoms with van der Waals surface area (Å²) in [6.07, 6.45) is 1.72. The third-order valence-electron chi connectivity index (χ3n) is 4.40. The Hall–Kier alpha value is -3.15. The van der Waals surface area contributed by atoms with Crippen molar-refractivity contribution in [2.24, 2.45) is 0 Å². The van der Waals surface area contributed by atoms with Gasteiger partial charge in [0.15, 0.2) is 0 Å². The van der Waals surface area contributed by atoms with Crippen molar-refractivity contribution in [2.45, 2.75) is 37.8 Å². The monoisotopic (exact) mass is 488 g/mol. The molecule has 2 aromatic heterocycles. The third-order valence-corrected chi connectivity index (χ3v) is 6.85. The number of nitrogens with one attached hydrogen (secondary N) is 4. The molecule has 0 aliphatic heterocycles. The highest BCUT2D eigenvalue weighted by Gasteiger charge is 2.14. The highest BCUT2D eigenvalue weighted by Crippen LogP contribution is 2.31. The summed E-state index contributed by atoms with van der Waals surface area (Å²) in [7, 11) is -3.00. The molecule has 3 rings (SSSR count). The van der Waals surface area contributed by atoms with Crippen molar-refractivity contribution in [3.63, 3.8) is 0 Å². The highest BCUT2D eigenvalue weighted by molar-refractivity contribution is 7.99. The van der Waals surface area contributed by atoms with E-state index < -0.39 is 15.7 Å². The first-order valence-electron chi connectivity index (χ1n) is 10.3. The van der Waals surface area contributed by atoms with Crippen LogP contribution in [0.1, 0.15) is 20.8 Å². The number of hydrogen-bond donors (Lipinski definition) is 5. The Morgan fingerprint density at radius 2 is 1.94 bits per heavy atom. The van der Waals surface area contributed by atoms with Gasteiger partial charge in [-0.05, 0) is 62.4 Å². The van der Waals surface area contributed by atoms with E-state index in [1.54, 1.807) is 41.8 Å². The van der Waals surface area contributed by atoms with Gasteiger partial charge in [0.2, 0.25) is 5.95 Å². The van der Waals surface area contributed by atoms with E-state index in [-0.39, 0.29) is 18.7 Å². The number of urea groups is 1. The number of carbonyl (C=O) groups excluding carboxylic acids is 1. The van der Waals surface area contributed by atoms with Gasteiger partial charge in [0.1, 0.15) is 5.82 Å². The maximum Gasteiger partial charge on any atom is 0.326 e. The van der Waals surface area contributed by atoms with Gasteiger partial charge in [0.25, 0.3) is 0 Å². The van der Waals surface area contributed by atoms with Crippen molar-refractivity contribution in [2.75, 3.05) is 17.2 Å². The minimum absolute atomic E-state index is 0.0360. The number of aromatic nitrogens is 2. The van der Waals surface area contributed by atoms with Gasteiger partial charge in [-0.3, -0.25) is 4.72 Å². The van der Waals surface area contributed by atoms with E-state index in [4.69, 9.17) is 0 Å². The van der Waals surface area contributed by atoms with Crippen molar-refractivity contribution in [1.82, 2.24) is 20.0 Å². The number of anilines is 3. The lowest BCUT2D eigenvalue weighted by atomic mass is 10.2. The summed E-state index contributed by atoms with van der Waals surface area (Å²) < 4.78 is 15.2. The zero-order chi connectivity index (χ0) is 24.0. The Balaban J connectivity index is 1.78. The van der Waals surface area contributed by atoms with Crippen LogP contribution in [0, 0.1) is 0 Å². The molecular formula is C22H28N6O3S2. The summed E-state index contributed by atoms with van der Waals surface area (Å²) in [5.74, 6) is 4.63. The van der Waals surface area contributed by atoms with Crippen molar-refractivity contribution in [3.8, 4) is 10.4 Å². The van der Waals surface area contributed by atoms with Crippen molar-refractivity contribution >= 4 is 50.4 Å². The van der Waals surface area contributed by atoms with Crippen molar-refractivity contribution in [3.05, 3.63) is 48.0 Å². The van der Waals surface area contributed by atoms with Crippen LogP contribution in [0.3, 0.4) is 0 Å². The fourth-order valence-electron chi connectivity index (χ4n) is 2.83. The molecule has 0 aliphatic carbocycles. The SMILES string of the molecule is C=S(=O)(NC(=O)NC(C)C)c1ccc(Nc2ncc(-c3cccs3)c(N[C@H](C)CO)n2)cc1. The van der Waals surface area contributed by atoms with Gasteiger partial charge in [0, 0.05) is 33.7 Å². The van der Waals surface area contributed by atoms with E-state index >= 15 is 0 Å². The molecule has 176 valence electrons. The Morgan fingerprint density at radius 3 is 2.55 bits per heavy atom. The third kappa shape index (κ3) is 6.67. The number of thiophene rings is 1. The fourth-order valence-corrected chi connectivity index (χ4v) is 4.62. The quantitative estimate of drug-likeness (QED) is 0.292. The van der Waals surface area contributed by atoms with Crippen LogP contribution in [0.25, 0.3) is 10.4 Å². The Morgan fingerprint density at radius 1 is 1.21 bits per heavy atom. The van der Waals surface area contributed by atoms with Crippen molar-refractivity contribution in [1.29, 1.82) is 0 Å². The number of aliphatic hydroxyl groups excluding tert-OH is 1. The molecule has 11 heteroatoms. The second-order valence-electron chi connectivity index (χ2n) is 7.72. The molecule has 0 saturated heterocycles. The number of hydrogen-bond acceptors (Lipinski definition) is 8. The molecule has 9 nitrogen and oxygen atoms in total. The van der Waals surface area contributed by atoms with Crippen LogP contribution in [-0.4, -0.2) is 49.9 Å². The van der Waals surface area contributed by atoms with E-state index in [2.05, 4.69) is 36.5 Å². The molecule has 5 N–H and O–H groups in total. The van der Waals surface area contributed by atoms with Gasteiger partial charge in [-0.15, -0.1) is 11.3 Å². The first-order chi connectivity index (χ1) is 15.7. The maximum absolute atomic E-state index is 12.8. The van der Waals surface area contributed by atoms with Crippen molar-refractivity contribution < 1.29 is 14.1 Å². The average molecular weight is 489 g/mol. The zero-order valence-corrected chi connectivity index (χ0v) is 20.3. The number of nitrogens with zero attached hydrogens (tertiary/aromatic N) is 2. The molecule has 33 heavy (non-hydrogen) atoms. The Bertz CT molecular complexity index is 1180. The summed E-state index contributed by atoms with van der Waals surface area (Å²) >= 11 is 1.58. The second kappa shape index (κ2) is 10.6. The lowest BCUT2D eigenvalue weighted by Crippen LogP contribution is -2.42. The van der Waals surface area contributed by atoms with E-state index in [0.29, 0.717) is 22.3 Å². The molecule has 0 bridgehead atoms. The number of rotatable bonds is 9. The van der Waals surface area contributed by atoms with Gasteiger partial charge >= 0.3 is 6.03 Å². The number of benzene rings is 1. The van der Waals surface area contributed by atoms with Crippen LogP contribution < -0.4 is 20.7 Å². The molecule has 1 unspecified atom stereocenters. The lowest BCUT2D eigenvalue weighted by Gasteiger charge is -2.16. The summed E-state index contributed by atoms with van der Waals surface area (Å²) in [5, 5.41) is 20.4. The summed E-state index contributed by atoms with van der Waals surface area (Å²) in [6, 6.07) is 9.80. The maximum atomic E-state index is 12.8. The van der Waals surface area contributed by atoms with Gasteiger partial charge in [-0.25, -0.2) is 14.0 Å². The van der Waals surface area contributed by atoms with Crippen LogP contribution in [0.2, 0.25) is 0 Å². The largest absolute Gasteiger partial charge is 0.394 e. The van der Waals surface area contributed by atoms with E-state index in [1.807, 2.05) is 38.3 Å². The van der Waals surface area contributed by atoms with Crippen LogP contribution in [0.15, 0.2) is 52.9 Å². The molecular weight excluding hydrogens is 460 g/mol. The molecule has 2 heterocycles. The molecule has 1 aromatic carbocycles. The molecule has 0 fully saturated rings. The summed E-state index contributed by atoms with van der Waals surface area (Å²) in [6.45, 7) is 5.44. The summed E-state index contributed by atoms with van der Waals surface area (Å²) in [5.41, 5.74) is 1.51. The van der Waals surface area contributed by atoms with Gasteiger partial charge < -0.3 is 21.1 Å².